The molecule has 7 aromatic heterocycles. The molecule has 0 fully saturated rings. The largest absolute Gasteiger partial charge is 0.490 e. The lowest BCUT2D eigenvalue weighted by Gasteiger charge is -2.20. The molecule has 0 atom stereocenters. The van der Waals surface area contributed by atoms with Gasteiger partial charge in [-0.1, -0.05) is 169 Å². The van der Waals surface area contributed by atoms with Crippen LogP contribution in [0.2, 0.25) is 0 Å². The number of nitrogens with zero attached hydrogens (tertiary/aromatic N) is 14. The molecule has 0 unspecified atom stereocenters. The highest BCUT2D eigenvalue weighted by molar-refractivity contribution is 5.97. The van der Waals surface area contributed by atoms with Gasteiger partial charge < -0.3 is 59.4 Å². The van der Waals surface area contributed by atoms with Crippen LogP contribution in [0.3, 0.4) is 0 Å². The summed E-state index contributed by atoms with van der Waals surface area (Å²) >= 11 is 0. The molecule has 27 heteroatoms. The zero-order valence-corrected chi connectivity index (χ0v) is 65.4. The Bertz CT molecular complexity index is 6540. The Morgan fingerprint density at radius 3 is 1.25 bits per heavy atom. The molecule has 0 bridgehead atoms. The van der Waals surface area contributed by atoms with Crippen molar-refractivity contribution in [2.75, 3.05) is 82.8 Å². The average molecular weight is 1600 g/mol. The van der Waals surface area contributed by atoms with Gasteiger partial charge in [-0.25, -0.2) is 39.3 Å². The fourth-order valence-corrected chi connectivity index (χ4v) is 13.9. The van der Waals surface area contributed by atoms with E-state index < -0.39 is 0 Å². The lowest BCUT2D eigenvalue weighted by Crippen LogP contribution is -2.25. The highest BCUT2D eigenvalue weighted by Gasteiger charge is 2.24. The smallest absolute Gasteiger partial charge is 0.262 e. The average Bonchev–Trinajstić information content (AvgIpc) is 0.780. The highest BCUT2D eigenvalue weighted by atomic mass is 19.1. The number of amides is 1. The number of aromatic nitrogens is 12. The summed E-state index contributed by atoms with van der Waals surface area (Å²) in [5, 5.41) is 33.4. The second-order valence-corrected chi connectivity index (χ2v) is 28.0. The van der Waals surface area contributed by atoms with Crippen molar-refractivity contribution in [1.82, 2.24) is 59.8 Å². The lowest BCUT2D eigenvalue weighted by molar-refractivity contribution is -0.118. The standard InChI is InChI=1S/C21H15N5.C20H12FN5.C18H17N5.C18H14N4O2.C18H16N4O/c1-13-4-2-5-15(10-13)20-19(25-18(12-22)21(23)26-20)16-7-8-17-14(11-16)6-3-9-24-17;21-15-5-1-3-13(10-15)19-18(25-17(11-22)20(23)26-19)14-6-7-16-12(9-14)4-2-8-24-16;19-16-11-22-17(18(23-16)12-4-2-1-3-5-12)13-6-7-14-15(10-13)21-9-8-20-14;19-15-9-20-17(18(22-15)11-4-2-1-3-5-11)12-6-7-13-14(8-12)24-10-16(23)21-13;19-16-11-21-17(18(22-16)12-4-2-1-3-5-12)13-6-7-14-15(10-13)23-9-8-20-14/h2-11H,1H3,(H2,23,26);1-10H,(H2,23,26);1-7,10-11,20-21H,8-9H2,(H2,19,23);1-9H,10H2,(H2,19,22)(H,21,23);1-7,10-11,20H,8-9H2,(H2,19,22). The summed E-state index contributed by atoms with van der Waals surface area (Å²) in [7, 11) is 0. The Morgan fingerprint density at radius 1 is 0.352 bits per heavy atom. The predicted molar refractivity (Wildman–Crippen MR) is 476 cm³/mol. The van der Waals surface area contributed by atoms with Gasteiger partial charge >= 0.3 is 0 Å². The van der Waals surface area contributed by atoms with Crippen molar-refractivity contribution in [3.05, 3.63) is 309 Å². The number of nitrogens with two attached hydrogens (primary N) is 5. The summed E-state index contributed by atoms with van der Waals surface area (Å²) in [6.45, 7) is 5.36. The van der Waals surface area contributed by atoms with E-state index >= 15 is 0 Å². The number of carbonyl (C=O) groups is 1. The summed E-state index contributed by atoms with van der Waals surface area (Å²) in [6.07, 6.45) is 8.20. The van der Waals surface area contributed by atoms with E-state index in [1.54, 1.807) is 43.0 Å². The zero-order chi connectivity index (χ0) is 84.0. The number of carbonyl (C=O) groups excluding carboxylic acids is 1. The van der Waals surface area contributed by atoms with Crippen LogP contribution in [0.4, 0.5) is 56.2 Å². The molecule has 3 aliphatic rings. The van der Waals surface area contributed by atoms with E-state index in [-0.39, 0.29) is 41.4 Å². The van der Waals surface area contributed by atoms with Gasteiger partial charge in [0.15, 0.2) is 29.6 Å². The summed E-state index contributed by atoms with van der Waals surface area (Å²) in [5.41, 5.74) is 51.8. The number of nitrogens with one attached hydrogen (secondary N) is 4. The van der Waals surface area contributed by atoms with Gasteiger partial charge in [0, 0.05) is 98.4 Å². The number of rotatable bonds is 10. The number of benzene rings is 10. The van der Waals surface area contributed by atoms with Crippen LogP contribution in [0, 0.1) is 35.4 Å². The van der Waals surface area contributed by atoms with Crippen LogP contribution in [-0.2, 0) is 4.79 Å². The monoisotopic (exact) mass is 1600 g/mol. The molecule has 3 aliphatic heterocycles. The van der Waals surface area contributed by atoms with Crippen molar-refractivity contribution < 1.29 is 18.7 Å². The summed E-state index contributed by atoms with van der Waals surface area (Å²) in [4.78, 5) is 64.7. The number of hydrogen-bond donors (Lipinski definition) is 9. The van der Waals surface area contributed by atoms with Crippen LogP contribution in [0.1, 0.15) is 17.0 Å². The third kappa shape index (κ3) is 17.9. The van der Waals surface area contributed by atoms with E-state index in [4.69, 9.17) is 38.1 Å². The topological polar surface area (TPSA) is 416 Å². The van der Waals surface area contributed by atoms with Crippen molar-refractivity contribution in [3.63, 3.8) is 0 Å². The van der Waals surface area contributed by atoms with Gasteiger partial charge in [0.25, 0.3) is 5.91 Å². The van der Waals surface area contributed by atoms with E-state index in [0.717, 1.165) is 143 Å². The molecule has 26 nitrogen and oxygen atoms in total. The third-order valence-electron chi connectivity index (χ3n) is 19.6. The highest BCUT2D eigenvalue weighted by Crippen LogP contribution is 2.41. The first kappa shape index (κ1) is 78.7. The van der Waals surface area contributed by atoms with E-state index in [1.807, 2.05) is 225 Å². The molecule has 17 aromatic rings. The second kappa shape index (κ2) is 35.9. The molecular formula is C95H74FN23O3. The molecule has 0 saturated carbocycles. The number of nitrogen functional groups attached to an aromatic ring is 5. The maximum Gasteiger partial charge on any atom is 0.262 e. The molecule has 0 saturated heterocycles. The lowest BCUT2D eigenvalue weighted by atomic mass is 10.0. The van der Waals surface area contributed by atoms with Crippen LogP contribution in [-0.4, -0.2) is 98.6 Å². The maximum atomic E-state index is 13.7. The number of fused-ring (bicyclic) bond motifs is 5. The SMILES string of the molecule is Cc1cccc(-c2nc(N)c(C#N)nc2-c2ccc3ncccc3c2)c1.N#Cc1nc(-c2ccc3ncccc3c2)c(-c2cccc(F)c2)nc1N.Nc1cnc(-c2ccc3c(c2)NCCN3)c(-c2ccccc2)n1.Nc1cnc(-c2ccc3c(c2)OCC(=O)N3)c(-c2ccccc2)n1.Nc1cnc(-c2ccc3c(c2)OCCN3)c(-c2ccccc2)n1. The molecule has 0 spiro atoms. The quantitative estimate of drug-likeness (QED) is 0.0614. The van der Waals surface area contributed by atoms with Crippen molar-refractivity contribution in [1.29, 1.82) is 10.5 Å². The molecule has 0 aliphatic carbocycles. The van der Waals surface area contributed by atoms with Crippen molar-refractivity contribution in [2.45, 2.75) is 6.92 Å². The minimum absolute atomic E-state index is 0.00934. The number of halogens is 1. The van der Waals surface area contributed by atoms with E-state index in [1.165, 1.54) is 18.3 Å². The first-order chi connectivity index (χ1) is 59.6. The summed E-state index contributed by atoms with van der Waals surface area (Å²) < 4.78 is 24.9. The maximum absolute atomic E-state index is 13.7. The first-order valence-electron chi connectivity index (χ1n) is 38.6. The molecular weight excluding hydrogens is 1530 g/mol. The van der Waals surface area contributed by atoms with E-state index in [9.17, 15) is 19.7 Å². The molecule has 1 amide bonds. The first-order valence-corrected chi connectivity index (χ1v) is 38.6. The van der Waals surface area contributed by atoms with Gasteiger partial charge in [-0.05, 0) is 97.9 Å². The molecule has 594 valence electrons. The fourth-order valence-electron chi connectivity index (χ4n) is 13.9. The van der Waals surface area contributed by atoms with Gasteiger partial charge in [0.1, 0.15) is 53.5 Å². The van der Waals surface area contributed by atoms with Crippen LogP contribution in [0.5, 0.6) is 11.5 Å². The number of anilines is 9. The molecule has 10 heterocycles. The van der Waals surface area contributed by atoms with E-state index in [0.29, 0.717) is 75.2 Å². The van der Waals surface area contributed by atoms with Crippen LogP contribution in [0.15, 0.2) is 286 Å². The van der Waals surface area contributed by atoms with Crippen LogP contribution in [0.25, 0.3) is 134 Å². The number of nitriles is 2. The molecule has 20 rings (SSSR count). The third-order valence-corrected chi connectivity index (χ3v) is 19.6. The minimum atomic E-state index is -0.388. The normalized spacial score (nSPS) is 11.9. The zero-order valence-electron chi connectivity index (χ0n) is 65.4. The number of hydrogen-bond acceptors (Lipinski definition) is 25. The Morgan fingerprint density at radius 2 is 0.754 bits per heavy atom. The summed E-state index contributed by atoms with van der Waals surface area (Å²) in [6, 6.07) is 84.6. The van der Waals surface area contributed by atoms with Crippen LogP contribution < -0.4 is 59.4 Å². The van der Waals surface area contributed by atoms with Gasteiger partial charge in [0.05, 0.1) is 109 Å². The Kier molecular flexibility index (Phi) is 23.2. The molecule has 122 heavy (non-hydrogen) atoms. The van der Waals surface area contributed by atoms with E-state index in [2.05, 4.69) is 99.3 Å². The van der Waals surface area contributed by atoms with Crippen molar-refractivity contribution in [3.8, 4) is 136 Å². The van der Waals surface area contributed by atoms with Crippen LogP contribution >= 0.6 is 0 Å². The number of pyridine rings is 2. The molecule has 0 radical (unpaired) electrons. The number of ether oxygens (including phenoxy) is 2. The minimum Gasteiger partial charge on any atom is -0.490 e. The van der Waals surface area contributed by atoms with Gasteiger partial charge in [0.2, 0.25) is 0 Å². The van der Waals surface area contributed by atoms with Gasteiger partial charge in [-0.2, -0.15) is 10.5 Å². The Labute approximate surface area is 699 Å². The molecule has 14 N–H and O–H groups in total. The summed E-state index contributed by atoms with van der Waals surface area (Å²) in [5.74, 6) is 2.24. The van der Waals surface area contributed by atoms with Crippen molar-refractivity contribution >= 4 is 79.6 Å². The van der Waals surface area contributed by atoms with Gasteiger partial charge in [-0.15, -0.1) is 0 Å². The van der Waals surface area contributed by atoms with Crippen molar-refractivity contribution in [2.24, 2.45) is 0 Å². The second-order valence-electron chi connectivity index (χ2n) is 28.0. The van der Waals surface area contributed by atoms with Gasteiger partial charge in [-0.3, -0.25) is 29.7 Å². The Balaban J connectivity index is 0.000000113. The predicted octanol–water partition coefficient (Wildman–Crippen LogP) is 17.2. The molecule has 10 aromatic carbocycles. The Hall–Kier alpha value is -17.2. The number of aryl methyl sites for hydroxylation is 1. The fraction of sp³-hybridized carbons (Fsp3) is 0.0632.